The number of hydrogen-bond acceptors (Lipinski definition) is 6. The topological polar surface area (TPSA) is 88.2 Å². The van der Waals surface area contributed by atoms with Gasteiger partial charge in [0.05, 0.1) is 15.9 Å². The molecule has 1 unspecified atom stereocenters. The molecule has 1 aromatic heterocycles. The van der Waals surface area contributed by atoms with Crippen LogP contribution in [0.5, 0.6) is 0 Å². The third-order valence-electron chi connectivity index (χ3n) is 3.30. The number of benzene rings is 1. The largest absolute Gasteiger partial charge is 0.326 e. The van der Waals surface area contributed by atoms with E-state index in [1.807, 2.05) is 6.92 Å². The number of thiol groups is 1. The maximum Gasteiger partial charge on any atom is 0.321 e. The van der Waals surface area contributed by atoms with Crippen LogP contribution in [0.3, 0.4) is 0 Å². The molecule has 136 valence electrons. The first kappa shape index (κ1) is 19.7. The lowest BCUT2D eigenvalue weighted by atomic mass is 10.1. The smallest absolute Gasteiger partial charge is 0.321 e. The third kappa shape index (κ3) is 4.93. The Balaban J connectivity index is 2.26. The van der Waals surface area contributed by atoms with Crippen LogP contribution in [0.2, 0.25) is 0 Å². The molecule has 1 aromatic carbocycles. The summed E-state index contributed by atoms with van der Waals surface area (Å²) in [6, 6.07) is 3.47. The number of aromatic nitrogens is 1. The third-order valence-corrected chi connectivity index (χ3v) is 6.04. The molecule has 0 saturated carbocycles. The SMILES string of the molecule is CCC(S)NC(=O)Nc1nc(C)c(-c2ccc(S(C)(=O)=O)c(F)c2)s1. The second kappa shape index (κ2) is 7.71. The highest BCUT2D eigenvalue weighted by Gasteiger charge is 2.17. The number of anilines is 1. The molecule has 1 atom stereocenters. The molecule has 0 aliphatic rings. The Morgan fingerprint density at radius 2 is 2.12 bits per heavy atom. The zero-order chi connectivity index (χ0) is 18.8. The number of aryl methyl sites for hydroxylation is 1. The van der Waals surface area contributed by atoms with E-state index in [2.05, 4.69) is 28.2 Å². The number of thiazole rings is 1. The van der Waals surface area contributed by atoms with Crippen LogP contribution in [0.1, 0.15) is 19.0 Å². The minimum atomic E-state index is -3.63. The molecular formula is C15H18FN3O3S3. The molecule has 2 rings (SSSR count). The van der Waals surface area contributed by atoms with E-state index in [-0.39, 0.29) is 10.3 Å². The van der Waals surface area contributed by atoms with Crippen LogP contribution < -0.4 is 10.6 Å². The number of rotatable bonds is 5. The Bertz CT molecular complexity index is 897. The average Bonchev–Trinajstić information content (AvgIpc) is 2.85. The monoisotopic (exact) mass is 403 g/mol. The Hall–Kier alpha value is -1.65. The molecule has 2 N–H and O–H groups in total. The van der Waals surface area contributed by atoms with Gasteiger partial charge in [0.25, 0.3) is 0 Å². The van der Waals surface area contributed by atoms with Gasteiger partial charge in [0, 0.05) is 6.26 Å². The number of carbonyl (C=O) groups is 1. The summed E-state index contributed by atoms with van der Waals surface area (Å²) in [6.07, 6.45) is 1.62. The van der Waals surface area contributed by atoms with E-state index < -0.39 is 21.7 Å². The minimum Gasteiger partial charge on any atom is -0.326 e. The number of nitrogens with one attached hydrogen (secondary N) is 2. The summed E-state index contributed by atoms with van der Waals surface area (Å²) >= 11 is 5.36. The van der Waals surface area contributed by atoms with Crippen molar-refractivity contribution in [2.24, 2.45) is 0 Å². The van der Waals surface area contributed by atoms with Crippen molar-refractivity contribution in [1.82, 2.24) is 10.3 Å². The van der Waals surface area contributed by atoms with Crippen molar-refractivity contribution in [3.63, 3.8) is 0 Å². The summed E-state index contributed by atoms with van der Waals surface area (Å²) in [5.74, 6) is -0.819. The van der Waals surface area contributed by atoms with E-state index in [1.54, 1.807) is 6.92 Å². The number of amides is 2. The Kier molecular flexibility index (Phi) is 6.07. The number of carbonyl (C=O) groups excluding carboxylic acids is 1. The number of hydrogen-bond donors (Lipinski definition) is 3. The Labute approximate surface area is 155 Å². The molecule has 0 bridgehead atoms. The lowest BCUT2D eigenvalue weighted by molar-refractivity contribution is 0.251. The summed E-state index contributed by atoms with van der Waals surface area (Å²) in [7, 11) is -3.63. The molecular weight excluding hydrogens is 385 g/mol. The molecule has 0 aliphatic carbocycles. The summed E-state index contributed by atoms with van der Waals surface area (Å²) in [5, 5.41) is 5.33. The van der Waals surface area contributed by atoms with Gasteiger partial charge in [-0.2, -0.15) is 12.6 Å². The van der Waals surface area contributed by atoms with Crippen LogP contribution in [0.15, 0.2) is 23.1 Å². The average molecular weight is 404 g/mol. The predicted octanol–water partition coefficient (Wildman–Crippen LogP) is 3.45. The first-order valence-corrected chi connectivity index (χ1v) is 10.6. The van der Waals surface area contributed by atoms with Gasteiger partial charge in [-0.1, -0.05) is 24.3 Å². The molecule has 0 aliphatic heterocycles. The summed E-state index contributed by atoms with van der Waals surface area (Å²) in [5.41, 5.74) is 1.10. The summed E-state index contributed by atoms with van der Waals surface area (Å²) in [4.78, 5) is 16.4. The standard InChI is InChI=1S/C15H18FN3O3S3/c1-4-12(23)18-14(20)19-15-17-8(2)13(24-15)9-5-6-11(10(16)7-9)25(3,21)22/h5-7,12,23H,4H2,1-3H3,(H2,17,18,19,20). The Morgan fingerprint density at radius 1 is 1.44 bits per heavy atom. The van der Waals surface area contributed by atoms with E-state index in [0.717, 1.165) is 12.3 Å². The molecule has 10 heteroatoms. The van der Waals surface area contributed by atoms with Crippen molar-refractivity contribution >= 4 is 45.0 Å². The fourth-order valence-electron chi connectivity index (χ4n) is 2.05. The predicted molar refractivity (Wildman–Crippen MR) is 101 cm³/mol. The van der Waals surface area contributed by atoms with Crippen molar-refractivity contribution in [3.05, 3.63) is 29.7 Å². The van der Waals surface area contributed by atoms with Crippen molar-refractivity contribution in [2.75, 3.05) is 11.6 Å². The first-order chi connectivity index (χ1) is 11.6. The molecule has 0 fully saturated rings. The normalized spacial score (nSPS) is 12.7. The zero-order valence-electron chi connectivity index (χ0n) is 13.8. The van der Waals surface area contributed by atoms with Gasteiger partial charge in [0.15, 0.2) is 15.0 Å². The zero-order valence-corrected chi connectivity index (χ0v) is 16.4. The van der Waals surface area contributed by atoms with Crippen molar-refractivity contribution in [1.29, 1.82) is 0 Å². The van der Waals surface area contributed by atoms with E-state index in [4.69, 9.17) is 0 Å². The first-order valence-electron chi connectivity index (χ1n) is 7.34. The number of sulfone groups is 1. The lowest BCUT2D eigenvalue weighted by Gasteiger charge is -2.10. The maximum atomic E-state index is 14.1. The van der Waals surface area contributed by atoms with E-state index in [0.29, 0.717) is 27.7 Å². The van der Waals surface area contributed by atoms with Gasteiger partial charge in [-0.05, 0) is 31.0 Å². The molecule has 0 spiro atoms. The van der Waals surface area contributed by atoms with Crippen molar-refractivity contribution in [2.45, 2.75) is 30.5 Å². The molecule has 1 heterocycles. The fraction of sp³-hybridized carbons (Fsp3) is 0.333. The maximum absolute atomic E-state index is 14.1. The van der Waals surface area contributed by atoms with Crippen molar-refractivity contribution in [3.8, 4) is 10.4 Å². The lowest BCUT2D eigenvalue weighted by Crippen LogP contribution is -2.34. The van der Waals surface area contributed by atoms with Crippen LogP contribution in [0.4, 0.5) is 14.3 Å². The van der Waals surface area contributed by atoms with Gasteiger partial charge in [-0.3, -0.25) is 5.32 Å². The minimum absolute atomic E-state index is 0.266. The van der Waals surface area contributed by atoms with E-state index >= 15 is 0 Å². The molecule has 2 aromatic rings. The highest BCUT2D eigenvalue weighted by Crippen LogP contribution is 2.34. The Morgan fingerprint density at radius 3 is 2.68 bits per heavy atom. The van der Waals surface area contributed by atoms with E-state index in [9.17, 15) is 17.6 Å². The number of urea groups is 1. The fourth-order valence-corrected chi connectivity index (χ4v) is 3.85. The van der Waals surface area contributed by atoms with Gasteiger partial charge in [0.2, 0.25) is 0 Å². The second-order valence-corrected chi connectivity index (χ2v) is 8.98. The van der Waals surface area contributed by atoms with Gasteiger partial charge >= 0.3 is 6.03 Å². The molecule has 2 amide bonds. The quantitative estimate of drug-likeness (QED) is 0.527. The van der Waals surface area contributed by atoms with Crippen LogP contribution in [0.25, 0.3) is 10.4 Å². The van der Waals surface area contributed by atoms with Crippen LogP contribution >= 0.6 is 24.0 Å². The van der Waals surface area contributed by atoms with Crippen molar-refractivity contribution < 1.29 is 17.6 Å². The van der Waals surface area contributed by atoms with Gasteiger partial charge < -0.3 is 5.32 Å². The van der Waals surface area contributed by atoms with Gasteiger partial charge in [-0.15, -0.1) is 0 Å². The number of halogens is 1. The summed E-state index contributed by atoms with van der Waals surface area (Å²) in [6.45, 7) is 3.61. The molecule has 6 nitrogen and oxygen atoms in total. The summed E-state index contributed by atoms with van der Waals surface area (Å²) < 4.78 is 37.1. The number of nitrogens with zero attached hydrogens (tertiary/aromatic N) is 1. The molecule has 25 heavy (non-hydrogen) atoms. The van der Waals surface area contributed by atoms with Crippen LogP contribution in [-0.2, 0) is 9.84 Å². The van der Waals surface area contributed by atoms with Crippen LogP contribution in [0, 0.1) is 12.7 Å². The van der Waals surface area contributed by atoms with Gasteiger partial charge in [0.1, 0.15) is 10.7 Å². The van der Waals surface area contributed by atoms with Gasteiger partial charge in [-0.25, -0.2) is 22.6 Å². The highest BCUT2D eigenvalue weighted by molar-refractivity contribution is 7.90. The molecule has 0 radical (unpaired) electrons. The second-order valence-electron chi connectivity index (χ2n) is 5.37. The van der Waals surface area contributed by atoms with Crippen LogP contribution in [-0.4, -0.2) is 31.1 Å². The van der Waals surface area contributed by atoms with E-state index in [1.165, 1.54) is 23.5 Å². The molecule has 0 saturated heterocycles. The highest BCUT2D eigenvalue weighted by atomic mass is 32.2.